The van der Waals surface area contributed by atoms with Gasteiger partial charge in [0, 0.05) is 3.57 Å². The molecule has 0 aliphatic heterocycles. The Balaban J connectivity index is 1.90. The molecule has 0 atom stereocenters. The number of hydrogen-bond donors (Lipinski definition) is 1. The molecule has 0 spiro atoms. The maximum atomic E-state index is 11.1. The van der Waals surface area contributed by atoms with E-state index < -0.39 is 5.97 Å². The second-order valence-corrected chi connectivity index (χ2v) is 10.4. The van der Waals surface area contributed by atoms with Crippen molar-refractivity contribution in [2.45, 2.75) is 51.4 Å². The second-order valence-electron chi connectivity index (χ2n) is 9.23. The van der Waals surface area contributed by atoms with Gasteiger partial charge in [0.25, 0.3) is 0 Å². The smallest absolute Gasteiger partial charge is 0.335 e. The molecule has 0 bridgehead atoms. The van der Waals surface area contributed by atoms with Crippen LogP contribution in [0.5, 0.6) is 0 Å². The molecule has 1 aliphatic carbocycles. The average Bonchev–Trinajstić information content (AvgIpc) is 2.65. The van der Waals surface area contributed by atoms with Gasteiger partial charge in [-0.25, -0.2) is 4.79 Å². The zero-order valence-electron chi connectivity index (χ0n) is 16.8. The lowest BCUT2D eigenvalue weighted by Gasteiger charge is -2.42. The molecule has 0 heterocycles. The molecule has 0 saturated heterocycles. The van der Waals surface area contributed by atoms with E-state index in [1.165, 1.54) is 38.3 Å². The number of benzene rings is 3. The average molecular weight is 482 g/mol. The first-order valence-electron chi connectivity index (χ1n) is 9.70. The van der Waals surface area contributed by atoms with Crippen LogP contribution < -0.4 is 0 Å². The number of aromatic carboxylic acids is 1. The van der Waals surface area contributed by atoms with E-state index in [1.807, 2.05) is 12.1 Å². The topological polar surface area (TPSA) is 37.3 Å². The first kappa shape index (κ1) is 19.4. The highest BCUT2D eigenvalue weighted by Gasteiger charge is 2.37. The van der Waals surface area contributed by atoms with Gasteiger partial charge in [0.05, 0.1) is 5.56 Å². The molecule has 3 aromatic rings. The summed E-state index contributed by atoms with van der Waals surface area (Å²) in [5.74, 6) is -0.892. The fraction of sp³-hybridized carbons (Fsp3) is 0.320. The molecule has 28 heavy (non-hydrogen) atoms. The molecule has 0 saturated carbocycles. The van der Waals surface area contributed by atoms with Crippen LogP contribution in [0.1, 0.15) is 62.0 Å². The Bertz CT molecular complexity index is 1090. The quantitative estimate of drug-likeness (QED) is 0.394. The van der Waals surface area contributed by atoms with Crippen molar-refractivity contribution < 1.29 is 9.90 Å². The molecular weight excluding hydrogens is 457 g/mol. The van der Waals surface area contributed by atoms with Crippen LogP contribution in [-0.2, 0) is 10.8 Å². The van der Waals surface area contributed by atoms with Crippen molar-refractivity contribution in [2.75, 3.05) is 0 Å². The highest BCUT2D eigenvalue weighted by Crippen LogP contribution is 2.47. The maximum Gasteiger partial charge on any atom is 0.335 e. The monoisotopic (exact) mass is 482 g/mol. The van der Waals surface area contributed by atoms with Gasteiger partial charge in [0.15, 0.2) is 0 Å². The van der Waals surface area contributed by atoms with Gasteiger partial charge in [-0.3, -0.25) is 0 Å². The molecule has 0 amide bonds. The first-order valence-corrected chi connectivity index (χ1v) is 10.8. The molecule has 1 N–H and O–H groups in total. The van der Waals surface area contributed by atoms with Crippen molar-refractivity contribution in [3.05, 3.63) is 68.8 Å². The first-order chi connectivity index (χ1) is 13.1. The van der Waals surface area contributed by atoms with Crippen LogP contribution in [-0.4, -0.2) is 11.1 Å². The Hall–Kier alpha value is -1.88. The van der Waals surface area contributed by atoms with Crippen molar-refractivity contribution in [2.24, 2.45) is 0 Å². The summed E-state index contributed by atoms with van der Waals surface area (Å²) in [6.45, 7) is 9.43. The van der Waals surface area contributed by atoms with Gasteiger partial charge in [0.2, 0.25) is 0 Å². The second kappa shape index (κ2) is 6.58. The zero-order chi connectivity index (χ0) is 20.3. The molecular formula is C25H25IO2. The SMILES string of the molecule is CC1(C)CCC(C)(C)c2cc3c([125I])cc(-c4ccc(C(=O)O)cc4)cc3cc21. The lowest BCUT2D eigenvalue weighted by atomic mass is 9.63. The fourth-order valence-corrected chi connectivity index (χ4v) is 5.15. The Morgan fingerprint density at radius 1 is 0.857 bits per heavy atom. The number of halogens is 1. The molecule has 0 radical (unpaired) electrons. The van der Waals surface area contributed by atoms with E-state index in [0.29, 0.717) is 5.56 Å². The summed E-state index contributed by atoms with van der Waals surface area (Å²) >= 11 is 2.43. The van der Waals surface area contributed by atoms with E-state index in [-0.39, 0.29) is 10.8 Å². The molecule has 2 nitrogen and oxygen atoms in total. The van der Waals surface area contributed by atoms with Crippen LogP contribution in [0, 0.1) is 3.57 Å². The van der Waals surface area contributed by atoms with Gasteiger partial charge in [-0.05, 0) is 110 Å². The molecule has 0 fully saturated rings. The van der Waals surface area contributed by atoms with E-state index in [9.17, 15) is 4.79 Å². The number of carboxylic acids is 1. The summed E-state index contributed by atoms with van der Waals surface area (Å²) in [7, 11) is 0. The van der Waals surface area contributed by atoms with Gasteiger partial charge < -0.3 is 5.11 Å². The summed E-state index contributed by atoms with van der Waals surface area (Å²) in [6.07, 6.45) is 2.41. The number of carboxylic acid groups (broad SMARTS) is 1. The van der Waals surface area contributed by atoms with Crippen LogP contribution in [0.4, 0.5) is 0 Å². The summed E-state index contributed by atoms with van der Waals surface area (Å²) in [4.78, 5) is 11.1. The van der Waals surface area contributed by atoms with Crippen molar-refractivity contribution in [3.63, 3.8) is 0 Å². The number of rotatable bonds is 2. The number of hydrogen-bond acceptors (Lipinski definition) is 1. The Labute approximate surface area is 180 Å². The third kappa shape index (κ3) is 3.24. The van der Waals surface area contributed by atoms with Crippen molar-refractivity contribution >= 4 is 39.3 Å². The fourth-order valence-electron chi connectivity index (χ4n) is 4.35. The van der Waals surface area contributed by atoms with Crippen LogP contribution in [0.15, 0.2) is 48.5 Å². The highest BCUT2D eigenvalue weighted by molar-refractivity contribution is 14.1. The van der Waals surface area contributed by atoms with E-state index in [1.54, 1.807) is 12.1 Å². The van der Waals surface area contributed by atoms with Crippen LogP contribution >= 0.6 is 22.6 Å². The molecule has 0 aromatic heterocycles. The molecule has 3 aromatic carbocycles. The van der Waals surface area contributed by atoms with Crippen molar-refractivity contribution in [1.82, 2.24) is 0 Å². The number of carbonyl (C=O) groups is 1. The Morgan fingerprint density at radius 2 is 1.43 bits per heavy atom. The van der Waals surface area contributed by atoms with Crippen LogP contribution in [0.2, 0.25) is 0 Å². The largest absolute Gasteiger partial charge is 0.478 e. The summed E-state index contributed by atoms with van der Waals surface area (Å²) in [6, 6.07) is 16.4. The van der Waals surface area contributed by atoms with Crippen molar-refractivity contribution in [3.8, 4) is 11.1 Å². The van der Waals surface area contributed by atoms with Gasteiger partial charge in [-0.2, -0.15) is 0 Å². The summed E-state index contributed by atoms with van der Waals surface area (Å²) in [5, 5.41) is 11.7. The van der Waals surface area contributed by atoms with E-state index in [4.69, 9.17) is 5.11 Å². The lowest BCUT2D eigenvalue weighted by Crippen LogP contribution is -2.33. The third-order valence-corrected chi connectivity index (χ3v) is 7.23. The molecule has 4 rings (SSSR count). The normalized spacial score (nSPS) is 17.3. The van der Waals surface area contributed by atoms with E-state index in [0.717, 1.165) is 11.1 Å². The minimum absolute atomic E-state index is 0.184. The van der Waals surface area contributed by atoms with Gasteiger partial charge >= 0.3 is 5.97 Å². The standard InChI is InChI=1S/C25H25IO2/c1-24(2)9-10-25(3,4)21-14-19-18(12-20(21)24)11-17(13-22(19)26)15-5-7-16(8-6-15)23(27)28/h5-8,11-14H,9-10H2,1-4H3,(H,27,28)/i26-2. The minimum Gasteiger partial charge on any atom is -0.478 e. The van der Waals surface area contributed by atoms with E-state index in [2.05, 4.69) is 74.6 Å². The predicted octanol–water partition coefficient (Wildman–Crippen LogP) is 7.16. The Kier molecular flexibility index (Phi) is 4.57. The summed E-state index contributed by atoms with van der Waals surface area (Å²) < 4.78 is 1.23. The molecule has 1 aliphatic rings. The van der Waals surface area contributed by atoms with Crippen LogP contribution in [0.3, 0.4) is 0 Å². The van der Waals surface area contributed by atoms with Gasteiger partial charge in [-0.1, -0.05) is 45.9 Å². The molecule has 0 unspecified atom stereocenters. The van der Waals surface area contributed by atoms with Crippen molar-refractivity contribution in [1.29, 1.82) is 0 Å². The maximum absolute atomic E-state index is 11.1. The van der Waals surface area contributed by atoms with Gasteiger partial charge in [-0.15, -0.1) is 0 Å². The van der Waals surface area contributed by atoms with E-state index >= 15 is 0 Å². The predicted molar refractivity (Wildman–Crippen MR) is 124 cm³/mol. The lowest BCUT2D eigenvalue weighted by molar-refractivity contribution is 0.0697. The Morgan fingerprint density at radius 3 is 2.00 bits per heavy atom. The van der Waals surface area contributed by atoms with Gasteiger partial charge in [0.1, 0.15) is 0 Å². The minimum atomic E-state index is -0.892. The number of fused-ring (bicyclic) bond motifs is 2. The highest BCUT2D eigenvalue weighted by atomic mass is 125. The summed E-state index contributed by atoms with van der Waals surface area (Å²) in [5.41, 5.74) is 5.82. The molecule has 3 heteroatoms. The molecule has 144 valence electrons. The third-order valence-electron chi connectivity index (χ3n) is 6.34. The zero-order valence-corrected chi connectivity index (χ0v) is 18.9. The van der Waals surface area contributed by atoms with Crippen LogP contribution in [0.25, 0.3) is 21.9 Å².